The Labute approximate surface area is 63.8 Å². The summed E-state index contributed by atoms with van der Waals surface area (Å²) >= 11 is 0. The topological polar surface area (TPSA) is 20.2 Å². The molecule has 0 aromatic heterocycles. The lowest BCUT2D eigenvalue weighted by Crippen LogP contribution is -2.00. The van der Waals surface area contributed by atoms with E-state index in [9.17, 15) is 0 Å². The first-order valence-corrected chi connectivity index (χ1v) is 3.96. The second-order valence-corrected chi connectivity index (χ2v) is 2.99. The minimum Gasteiger partial charge on any atom is -0.389 e. The van der Waals surface area contributed by atoms with Crippen molar-refractivity contribution in [1.82, 2.24) is 0 Å². The van der Waals surface area contributed by atoms with Gasteiger partial charge in [0.25, 0.3) is 0 Å². The van der Waals surface area contributed by atoms with Crippen molar-refractivity contribution in [2.45, 2.75) is 40.2 Å². The van der Waals surface area contributed by atoms with Gasteiger partial charge in [-0.15, -0.1) is 0 Å². The molecule has 1 heteroatoms. The molecule has 0 aromatic carbocycles. The third-order valence-electron chi connectivity index (χ3n) is 1.61. The molecule has 0 aliphatic rings. The van der Waals surface area contributed by atoms with Crippen LogP contribution < -0.4 is 0 Å². The molecule has 1 atom stereocenters. The van der Waals surface area contributed by atoms with Gasteiger partial charge in [-0.05, 0) is 19.3 Å². The number of aliphatic hydroxyl groups is 1. The summed E-state index contributed by atoms with van der Waals surface area (Å²) in [4.78, 5) is 0. The van der Waals surface area contributed by atoms with Crippen LogP contribution in [0.2, 0.25) is 0 Å². The van der Waals surface area contributed by atoms with Gasteiger partial charge in [-0.25, -0.2) is 0 Å². The van der Waals surface area contributed by atoms with Gasteiger partial charge in [-0.3, -0.25) is 0 Å². The fraction of sp³-hybridized carbons (Fsp3) is 0.778. The van der Waals surface area contributed by atoms with E-state index in [1.165, 1.54) is 5.57 Å². The second kappa shape index (κ2) is 4.51. The lowest BCUT2D eigenvalue weighted by Gasteiger charge is -2.09. The Bertz CT molecular complexity index is 112. The number of aliphatic hydroxyl groups excluding tert-OH is 1. The van der Waals surface area contributed by atoms with Gasteiger partial charge in [0.1, 0.15) is 0 Å². The van der Waals surface area contributed by atoms with Crippen LogP contribution in [0.4, 0.5) is 0 Å². The molecule has 0 aromatic rings. The molecular formula is C9H18O. The van der Waals surface area contributed by atoms with Crippen LogP contribution in [0.25, 0.3) is 0 Å². The summed E-state index contributed by atoms with van der Waals surface area (Å²) in [6.45, 7) is 8.21. The quantitative estimate of drug-likeness (QED) is 0.600. The average Bonchev–Trinajstić information content (AvgIpc) is 1.81. The number of rotatable bonds is 3. The molecule has 0 aliphatic heterocycles. The molecule has 1 nitrogen and oxygen atoms in total. The van der Waals surface area contributed by atoms with Gasteiger partial charge in [0.2, 0.25) is 0 Å². The predicted molar refractivity (Wildman–Crippen MR) is 44.9 cm³/mol. The first-order valence-electron chi connectivity index (χ1n) is 3.96. The summed E-state index contributed by atoms with van der Waals surface area (Å²) in [6.07, 6.45) is 2.69. The van der Waals surface area contributed by atoms with Crippen LogP contribution in [0.3, 0.4) is 0 Å². The fourth-order valence-corrected chi connectivity index (χ4v) is 1.03. The highest BCUT2D eigenvalue weighted by Gasteiger charge is 2.00. The second-order valence-electron chi connectivity index (χ2n) is 2.99. The number of hydrogen-bond acceptors (Lipinski definition) is 1. The average molecular weight is 142 g/mol. The minimum absolute atomic E-state index is 0.294. The standard InChI is InChI=1S/C9H18O/c1-5-9(7(2)3)6-8(4)10/h6-8,10H,5H2,1-4H3/b9-6+. The Hall–Kier alpha value is -0.300. The zero-order chi connectivity index (χ0) is 8.15. The first-order chi connectivity index (χ1) is 4.57. The highest BCUT2D eigenvalue weighted by Crippen LogP contribution is 2.13. The van der Waals surface area contributed by atoms with Gasteiger partial charge in [-0.2, -0.15) is 0 Å². The van der Waals surface area contributed by atoms with Crippen LogP contribution in [-0.2, 0) is 0 Å². The van der Waals surface area contributed by atoms with Crippen LogP contribution in [0.5, 0.6) is 0 Å². The summed E-state index contributed by atoms with van der Waals surface area (Å²) < 4.78 is 0. The molecule has 0 saturated heterocycles. The summed E-state index contributed by atoms with van der Waals surface area (Å²) in [5, 5.41) is 9.03. The molecule has 0 aliphatic carbocycles. The van der Waals surface area contributed by atoms with Crippen LogP contribution in [0.15, 0.2) is 11.6 Å². The molecular weight excluding hydrogens is 124 g/mol. The van der Waals surface area contributed by atoms with Crippen molar-refractivity contribution >= 4 is 0 Å². The van der Waals surface area contributed by atoms with Crippen LogP contribution >= 0.6 is 0 Å². The highest BCUT2D eigenvalue weighted by molar-refractivity contribution is 5.05. The van der Waals surface area contributed by atoms with Crippen molar-refractivity contribution < 1.29 is 5.11 Å². The fourth-order valence-electron chi connectivity index (χ4n) is 1.03. The largest absolute Gasteiger partial charge is 0.389 e. The van der Waals surface area contributed by atoms with Gasteiger partial charge in [0.15, 0.2) is 0 Å². The maximum Gasteiger partial charge on any atom is 0.0695 e. The van der Waals surface area contributed by atoms with Crippen molar-refractivity contribution in [3.8, 4) is 0 Å². The zero-order valence-corrected chi connectivity index (χ0v) is 7.39. The molecule has 1 unspecified atom stereocenters. The van der Waals surface area contributed by atoms with Gasteiger partial charge in [-0.1, -0.05) is 32.4 Å². The van der Waals surface area contributed by atoms with E-state index in [0.29, 0.717) is 5.92 Å². The molecule has 60 valence electrons. The minimum atomic E-state index is -0.294. The van der Waals surface area contributed by atoms with E-state index in [0.717, 1.165) is 6.42 Å². The lowest BCUT2D eigenvalue weighted by atomic mass is 9.99. The number of allylic oxidation sites excluding steroid dienone is 1. The Balaban J connectivity index is 4.04. The van der Waals surface area contributed by atoms with Gasteiger partial charge in [0, 0.05) is 0 Å². The van der Waals surface area contributed by atoms with Crippen molar-refractivity contribution in [3.05, 3.63) is 11.6 Å². The van der Waals surface area contributed by atoms with Crippen molar-refractivity contribution in [2.24, 2.45) is 5.92 Å². The summed E-state index contributed by atoms with van der Waals surface area (Å²) in [5.74, 6) is 0.569. The van der Waals surface area contributed by atoms with E-state index in [1.54, 1.807) is 6.92 Å². The first kappa shape index (κ1) is 9.70. The van der Waals surface area contributed by atoms with Gasteiger partial charge >= 0.3 is 0 Å². The van der Waals surface area contributed by atoms with Gasteiger partial charge < -0.3 is 5.11 Å². The zero-order valence-electron chi connectivity index (χ0n) is 7.39. The smallest absolute Gasteiger partial charge is 0.0695 e. The normalized spacial score (nSPS) is 16.0. The molecule has 0 spiro atoms. The third kappa shape index (κ3) is 3.67. The molecule has 10 heavy (non-hydrogen) atoms. The van der Waals surface area contributed by atoms with Gasteiger partial charge in [0.05, 0.1) is 6.10 Å². The third-order valence-corrected chi connectivity index (χ3v) is 1.61. The molecule has 0 amide bonds. The lowest BCUT2D eigenvalue weighted by molar-refractivity contribution is 0.242. The molecule has 0 radical (unpaired) electrons. The van der Waals surface area contributed by atoms with E-state index in [-0.39, 0.29) is 6.10 Å². The summed E-state index contributed by atoms with van der Waals surface area (Å²) in [5.41, 5.74) is 1.34. The number of hydrogen-bond donors (Lipinski definition) is 1. The molecule has 1 N–H and O–H groups in total. The predicted octanol–water partition coefficient (Wildman–Crippen LogP) is 2.36. The molecule has 0 saturated carbocycles. The molecule has 0 fully saturated rings. The van der Waals surface area contributed by atoms with Crippen molar-refractivity contribution in [2.75, 3.05) is 0 Å². The molecule has 0 rings (SSSR count). The maximum atomic E-state index is 9.03. The van der Waals surface area contributed by atoms with E-state index >= 15 is 0 Å². The maximum absolute atomic E-state index is 9.03. The van der Waals surface area contributed by atoms with E-state index in [1.807, 2.05) is 6.08 Å². The van der Waals surface area contributed by atoms with Crippen LogP contribution in [0, 0.1) is 5.92 Å². The van der Waals surface area contributed by atoms with Crippen molar-refractivity contribution in [3.63, 3.8) is 0 Å². The SMILES string of the molecule is CC/C(=C\C(C)O)C(C)C. The van der Waals surface area contributed by atoms with Crippen LogP contribution in [0.1, 0.15) is 34.1 Å². The van der Waals surface area contributed by atoms with E-state index < -0.39 is 0 Å². The molecule has 0 heterocycles. The Morgan fingerprint density at radius 3 is 2.00 bits per heavy atom. The van der Waals surface area contributed by atoms with E-state index in [4.69, 9.17) is 5.11 Å². The Morgan fingerprint density at radius 2 is 1.90 bits per heavy atom. The Kier molecular flexibility index (Phi) is 4.37. The molecule has 0 bridgehead atoms. The van der Waals surface area contributed by atoms with Crippen LogP contribution in [-0.4, -0.2) is 11.2 Å². The van der Waals surface area contributed by atoms with Crippen molar-refractivity contribution in [1.29, 1.82) is 0 Å². The monoisotopic (exact) mass is 142 g/mol. The Morgan fingerprint density at radius 1 is 1.40 bits per heavy atom. The highest BCUT2D eigenvalue weighted by atomic mass is 16.3. The summed E-state index contributed by atoms with van der Waals surface area (Å²) in [7, 11) is 0. The van der Waals surface area contributed by atoms with E-state index in [2.05, 4.69) is 20.8 Å². The summed E-state index contributed by atoms with van der Waals surface area (Å²) in [6, 6.07) is 0.